The molecule has 1 atom stereocenters. The van der Waals surface area contributed by atoms with Gasteiger partial charge in [0, 0.05) is 37.4 Å². The average Bonchev–Trinajstić information content (AvgIpc) is 3.11. The molecule has 0 aliphatic carbocycles. The van der Waals surface area contributed by atoms with E-state index in [0.717, 1.165) is 11.3 Å². The van der Waals surface area contributed by atoms with Gasteiger partial charge in [-0.3, -0.25) is 9.59 Å². The standard InChI is InChI=1S/C22H27N3O4S/c1-4-24(5-2)30(28,29)19-12-10-18(11-13-19)23-22(27)17-14-21(26)25(15-17)20-9-7-6-8-16(20)3/h6-13,17H,4-5,14-15H2,1-3H3,(H,23,27). The molecule has 3 rings (SSSR count). The van der Waals surface area contributed by atoms with Crippen LogP contribution in [0, 0.1) is 12.8 Å². The fourth-order valence-electron chi connectivity index (χ4n) is 3.65. The molecule has 2 amide bonds. The summed E-state index contributed by atoms with van der Waals surface area (Å²) in [6.07, 6.45) is 0.147. The number of carbonyl (C=O) groups is 2. The molecular formula is C22H27N3O4S. The van der Waals surface area contributed by atoms with Crippen LogP contribution in [-0.4, -0.2) is 44.2 Å². The molecule has 8 heteroatoms. The van der Waals surface area contributed by atoms with Crippen LogP contribution >= 0.6 is 0 Å². The lowest BCUT2D eigenvalue weighted by Crippen LogP contribution is -2.30. The molecule has 1 heterocycles. The third kappa shape index (κ3) is 4.39. The van der Waals surface area contributed by atoms with Gasteiger partial charge in [0.05, 0.1) is 10.8 Å². The molecule has 1 aliphatic rings. The Hall–Kier alpha value is -2.71. The summed E-state index contributed by atoms with van der Waals surface area (Å²) in [7, 11) is -3.54. The van der Waals surface area contributed by atoms with Crippen LogP contribution in [0.1, 0.15) is 25.8 Å². The number of nitrogens with one attached hydrogen (secondary N) is 1. The number of hydrogen-bond acceptors (Lipinski definition) is 4. The zero-order valence-corrected chi connectivity index (χ0v) is 18.3. The number of carbonyl (C=O) groups excluding carboxylic acids is 2. The van der Waals surface area contributed by atoms with Gasteiger partial charge in [0.1, 0.15) is 0 Å². The second kappa shape index (κ2) is 8.97. The van der Waals surface area contributed by atoms with Gasteiger partial charge in [-0.2, -0.15) is 4.31 Å². The van der Waals surface area contributed by atoms with E-state index in [0.29, 0.717) is 25.3 Å². The summed E-state index contributed by atoms with van der Waals surface area (Å²) in [6.45, 7) is 6.63. The van der Waals surface area contributed by atoms with Crippen molar-refractivity contribution in [2.24, 2.45) is 5.92 Å². The highest BCUT2D eigenvalue weighted by Crippen LogP contribution is 2.28. The van der Waals surface area contributed by atoms with Crippen molar-refractivity contribution in [1.29, 1.82) is 0 Å². The van der Waals surface area contributed by atoms with E-state index in [1.165, 1.54) is 16.4 Å². The van der Waals surface area contributed by atoms with Gasteiger partial charge in [0.15, 0.2) is 0 Å². The first-order valence-electron chi connectivity index (χ1n) is 10.0. The maximum atomic E-state index is 12.7. The molecule has 0 spiro atoms. The van der Waals surface area contributed by atoms with Crippen molar-refractivity contribution >= 4 is 33.2 Å². The van der Waals surface area contributed by atoms with E-state index in [2.05, 4.69) is 5.32 Å². The minimum Gasteiger partial charge on any atom is -0.326 e. The van der Waals surface area contributed by atoms with Crippen LogP contribution in [0.4, 0.5) is 11.4 Å². The Morgan fingerprint density at radius 1 is 1.10 bits per heavy atom. The van der Waals surface area contributed by atoms with E-state index in [4.69, 9.17) is 0 Å². The normalized spacial score (nSPS) is 16.9. The average molecular weight is 430 g/mol. The van der Waals surface area contributed by atoms with E-state index in [1.807, 2.05) is 31.2 Å². The number of amides is 2. The lowest BCUT2D eigenvalue weighted by atomic mass is 10.1. The highest BCUT2D eigenvalue weighted by molar-refractivity contribution is 7.89. The Labute approximate surface area is 177 Å². The Morgan fingerprint density at radius 2 is 1.73 bits per heavy atom. The largest absolute Gasteiger partial charge is 0.326 e. The number of benzene rings is 2. The molecule has 30 heavy (non-hydrogen) atoms. The first kappa shape index (κ1) is 22.0. The predicted molar refractivity (Wildman–Crippen MR) is 117 cm³/mol. The Bertz CT molecular complexity index is 1030. The van der Waals surface area contributed by atoms with Crippen molar-refractivity contribution < 1.29 is 18.0 Å². The lowest BCUT2D eigenvalue weighted by molar-refractivity contribution is -0.122. The van der Waals surface area contributed by atoms with Crippen LogP contribution in [0.25, 0.3) is 0 Å². The first-order chi connectivity index (χ1) is 14.3. The summed E-state index contributed by atoms with van der Waals surface area (Å²) in [5, 5.41) is 2.80. The highest BCUT2D eigenvalue weighted by atomic mass is 32.2. The second-order valence-corrected chi connectivity index (χ2v) is 9.23. The number of anilines is 2. The molecule has 1 aliphatic heterocycles. The molecule has 1 N–H and O–H groups in total. The summed E-state index contributed by atoms with van der Waals surface area (Å²) in [5.74, 6) is -0.792. The Kier molecular flexibility index (Phi) is 6.58. The lowest BCUT2D eigenvalue weighted by Gasteiger charge is -2.19. The van der Waals surface area contributed by atoms with Crippen LogP contribution in [0.15, 0.2) is 53.4 Å². The quantitative estimate of drug-likeness (QED) is 0.733. The van der Waals surface area contributed by atoms with Crippen LogP contribution in [0.2, 0.25) is 0 Å². The molecule has 1 fully saturated rings. The van der Waals surface area contributed by atoms with Crippen molar-refractivity contribution in [2.45, 2.75) is 32.1 Å². The van der Waals surface area contributed by atoms with Gasteiger partial charge in [-0.1, -0.05) is 32.0 Å². The smallest absolute Gasteiger partial charge is 0.243 e. The topological polar surface area (TPSA) is 86.8 Å². The molecule has 2 aromatic carbocycles. The predicted octanol–water partition coefficient (Wildman–Crippen LogP) is 3.02. The van der Waals surface area contributed by atoms with E-state index in [1.54, 1.807) is 30.9 Å². The monoisotopic (exact) mass is 429 g/mol. The fourth-order valence-corrected chi connectivity index (χ4v) is 5.11. The second-order valence-electron chi connectivity index (χ2n) is 7.29. The Balaban J connectivity index is 1.68. The molecule has 160 valence electrons. The SMILES string of the molecule is CCN(CC)S(=O)(=O)c1ccc(NC(=O)C2CC(=O)N(c3ccccc3C)C2)cc1. The summed E-state index contributed by atoms with van der Waals surface area (Å²) in [6, 6.07) is 13.7. The van der Waals surface area contributed by atoms with Crippen molar-refractivity contribution in [3.05, 3.63) is 54.1 Å². The van der Waals surface area contributed by atoms with Gasteiger partial charge in [0.2, 0.25) is 21.8 Å². The number of nitrogens with zero attached hydrogens (tertiary/aromatic N) is 2. The zero-order valence-electron chi connectivity index (χ0n) is 17.5. The maximum Gasteiger partial charge on any atom is 0.243 e. The molecular weight excluding hydrogens is 402 g/mol. The number of para-hydroxylation sites is 1. The molecule has 0 radical (unpaired) electrons. The molecule has 0 bridgehead atoms. The van der Waals surface area contributed by atoms with Gasteiger partial charge in [-0.05, 0) is 42.8 Å². The van der Waals surface area contributed by atoms with Crippen LogP contribution in [-0.2, 0) is 19.6 Å². The van der Waals surface area contributed by atoms with Gasteiger partial charge < -0.3 is 10.2 Å². The zero-order chi connectivity index (χ0) is 21.9. The van der Waals surface area contributed by atoms with Gasteiger partial charge in [-0.15, -0.1) is 0 Å². The number of hydrogen-bond donors (Lipinski definition) is 1. The minimum atomic E-state index is -3.54. The van der Waals surface area contributed by atoms with Crippen molar-refractivity contribution in [2.75, 3.05) is 29.9 Å². The third-order valence-electron chi connectivity index (χ3n) is 5.37. The van der Waals surface area contributed by atoms with Crippen molar-refractivity contribution in [3.8, 4) is 0 Å². The van der Waals surface area contributed by atoms with Crippen LogP contribution in [0.5, 0.6) is 0 Å². The maximum absolute atomic E-state index is 12.7. The van der Waals surface area contributed by atoms with Crippen LogP contribution in [0.3, 0.4) is 0 Å². The molecule has 2 aromatic rings. The summed E-state index contributed by atoms with van der Waals surface area (Å²) < 4.78 is 26.5. The third-order valence-corrected chi connectivity index (χ3v) is 7.43. The summed E-state index contributed by atoms with van der Waals surface area (Å²) >= 11 is 0. The summed E-state index contributed by atoms with van der Waals surface area (Å²) in [4.78, 5) is 27.0. The minimum absolute atomic E-state index is 0.0786. The molecule has 1 unspecified atom stereocenters. The number of sulfonamides is 1. The highest BCUT2D eigenvalue weighted by Gasteiger charge is 2.35. The van der Waals surface area contributed by atoms with Gasteiger partial charge >= 0.3 is 0 Å². The van der Waals surface area contributed by atoms with Gasteiger partial charge in [0.25, 0.3) is 0 Å². The van der Waals surface area contributed by atoms with Crippen molar-refractivity contribution in [1.82, 2.24) is 4.31 Å². The molecule has 0 saturated carbocycles. The van der Waals surface area contributed by atoms with E-state index in [9.17, 15) is 18.0 Å². The molecule has 7 nitrogen and oxygen atoms in total. The van der Waals surface area contributed by atoms with E-state index < -0.39 is 15.9 Å². The molecule has 0 aromatic heterocycles. The summed E-state index contributed by atoms with van der Waals surface area (Å²) in [5.41, 5.74) is 2.31. The fraction of sp³-hybridized carbons (Fsp3) is 0.364. The first-order valence-corrected chi connectivity index (χ1v) is 11.5. The van der Waals surface area contributed by atoms with Crippen LogP contribution < -0.4 is 10.2 Å². The molecule has 1 saturated heterocycles. The van der Waals surface area contributed by atoms with E-state index >= 15 is 0 Å². The number of rotatable bonds is 7. The van der Waals surface area contributed by atoms with Crippen molar-refractivity contribution in [3.63, 3.8) is 0 Å². The number of aryl methyl sites for hydroxylation is 1. The Morgan fingerprint density at radius 3 is 2.33 bits per heavy atom. The van der Waals surface area contributed by atoms with E-state index in [-0.39, 0.29) is 23.1 Å². The van der Waals surface area contributed by atoms with Gasteiger partial charge in [-0.25, -0.2) is 8.42 Å².